The minimum Gasteiger partial charge on any atom is -0.507 e. The minimum absolute atomic E-state index is 0.0226. The molecule has 10 nitrogen and oxygen atoms in total. The van der Waals surface area contributed by atoms with Crippen LogP contribution in [0.2, 0.25) is 5.02 Å². The molecule has 0 fully saturated rings. The number of halogens is 1. The van der Waals surface area contributed by atoms with Gasteiger partial charge in [0.15, 0.2) is 0 Å². The van der Waals surface area contributed by atoms with Crippen molar-refractivity contribution in [3.8, 4) is 0 Å². The molecule has 0 radical (unpaired) electrons. The molecule has 0 aliphatic rings. The largest absolute Gasteiger partial charge is 0.507 e. The van der Waals surface area contributed by atoms with Crippen LogP contribution in [-0.2, 0) is 10.0 Å². The summed E-state index contributed by atoms with van der Waals surface area (Å²) in [5.74, 6) is -1.44. The third-order valence-corrected chi connectivity index (χ3v) is 4.86. The summed E-state index contributed by atoms with van der Waals surface area (Å²) in [5.41, 5.74) is 0.0226. The van der Waals surface area contributed by atoms with Crippen molar-refractivity contribution < 1.29 is 18.3 Å². The predicted octanol–water partition coefficient (Wildman–Crippen LogP) is 1.07. The molecule has 1 aromatic carbocycles. The number of aliphatic hydroxyl groups is 1. The minimum atomic E-state index is -3.96. The molecule has 25 heavy (non-hydrogen) atoms. The van der Waals surface area contributed by atoms with Gasteiger partial charge in [-0.2, -0.15) is 22.8 Å². The summed E-state index contributed by atoms with van der Waals surface area (Å²) in [6, 6.07) is 5.52. The van der Waals surface area contributed by atoms with Crippen LogP contribution in [0.4, 0.5) is 0 Å². The van der Waals surface area contributed by atoms with Crippen molar-refractivity contribution in [1.82, 2.24) is 29.8 Å². The monoisotopic (exact) mass is 380 g/mol. The van der Waals surface area contributed by atoms with E-state index in [1.54, 1.807) is 0 Å². The lowest BCUT2D eigenvalue weighted by Gasteiger charge is -2.03. The summed E-state index contributed by atoms with van der Waals surface area (Å²) in [4.78, 5) is 11.7. The Bertz CT molecular complexity index is 1040. The molecular weight excluding hydrogens is 372 g/mol. The Morgan fingerprint density at radius 3 is 2.64 bits per heavy atom. The lowest BCUT2D eigenvalue weighted by molar-refractivity contribution is 0.103. The van der Waals surface area contributed by atoms with Crippen molar-refractivity contribution >= 4 is 33.2 Å². The van der Waals surface area contributed by atoms with Crippen molar-refractivity contribution in [2.75, 3.05) is 0 Å². The topological polar surface area (TPSA) is 144 Å². The Morgan fingerprint density at radius 1 is 1.28 bits per heavy atom. The number of hydrogen-bond donors (Lipinski definition) is 2. The van der Waals surface area contributed by atoms with Gasteiger partial charge < -0.3 is 5.11 Å². The Kier molecular flexibility index (Phi) is 4.33. The molecule has 0 atom stereocenters. The van der Waals surface area contributed by atoms with Gasteiger partial charge in [-0.05, 0) is 29.5 Å². The Morgan fingerprint density at radius 2 is 2.00 bits per heavy atom. The fourth-order valence-electron chi connectivity index (χ4n) is 1.82. The second-order valence-corrected chi connectivity index (χ2v) is 6.92. The molecule has 2 heterocycles. The summed E-state index contributed by atoms with van der Waals surface area (Å²) < 4.78 is 25.6. The Balaban J connectivity index is 1.89. The lowest BCUT2D eigenvalue weighted by atomic mass is 10.2. The summed E-state index contributed by atoms with van der Waals surface area (Å²) in [6.07, 6.45) is 3.00. The van der Waals surface area contributed by atoms with E-state index in [1.165, 1.54) is 24.3 Å². The van der Waals surface area contributed by atoms with Crippen molar-refractivity contribution in [3.63, 3.8) is 0 Å². The van der Waals surface area contributed by atoms with Crippen LogP contribution in [0.3, 0.4) is 0 Å². The number of ketones is 1. The fourth-order valence-corrected chi connectivity index (χ4v) is 3.07. The molecule has 0 amide bonds. The molecule has 128 valence electrons. The number of nitrogens with one attached hydrogen (secondary N) is 1. The number of hydrogen-bond acceptors (Lipinski definition) is 8. The van der Waals surface area contributed by atoms with Crippen molar-refractivity contribution in [1.29, 1.82) is 0 Å². The van der Waals surface area contributed by atoms with E-state index >= 15 is 0 Å². The van der Waals surface area contributed by atoms with Gasteiger partial charge >= 0.3 is 0 Å². The van der Waals surface area contributed by atoms with Gasteiger partial charge in [0.2, 0.25) is 11.6 Å². The van der Waals surface area contributed by atoms with Gasteiger partial charge in [-0.3, -0.25) is 4.79 Å². The third kappa shape index (κ3) is 3.41. The van der Waals surface area contributed by atoms with E-state index in [4.69, 9.17) is 11.6 Å². The highest BCUT2D eigenvalue weighted by atomic mass is 35.5. The molecule has 3 rings (SSSR count). The van der Waals surface area contributed by atoms with Gasteiger partial charge in [0.25, 0.3) is 10.0 Å². The maximum absolute atomic E-state index is 12.4. The first-order valence-corrected chi connectivity index (χ1v) is 8.44. The molecule has 12 heteroatoms. The highest BCUT2D eigenvalue weighted by Crippen LogP contribution is 2.18. The Hall–Kier alpha value is -3.05. The number of aromatic amines is 1. The van der Waals surface area contributed by atoms with Crippen LogP contribution in [0, 0.1) is 0 Å². The van der Waals surface area contributed by atoms with E-state index in [2.05, 4.69) is 25.7 Å². The maximum atomic E-state index is 12.4. The molecule has 0 unspecified atom stereocenters. The van der Waals surface area contributed by atoms with E-state index in [-0.39, 0.29) is 16.3 Å². The van der Waals surface area contributed by atoms with Gasteiger partial charge in [0.1, 0.15) is 5.76 Å². The molecule has 0 saturated carbocycles. The molecule has 2 aromatic heterocycles. The summed E-state index contributed by atoms with van der Waals surface area (Å²) in [7, 11) is -3.96. The fraction of sp³-hybridized carbons (Fsp3) is 0. The number of aliphatic hydroxyl groups excluding tert-OH is 1. The van der Waals surface area contributed by atoms with Crippen LogP contribution in [0.1, 0.15) is 16.2 Å². The number of H-pyrrole nitrogens is 1. The molecule has 0 bridgehead atoms. The standard InChI is InChI=1S/C13H9ClN6O4S/c14-9-1-3-10(4-2-9)25(23,24)20-7-8(6-15-20)11(21)5-12(22)13-16-18-19-17-13/h1-7,21H,(H,16,17,18,19). The number of rotatable bonds is 5. The lowest BCUT2D eigenvalue weighted by Crippen LogP contribution is -2.13. The van der Waals surface area contributed by atoms with Gasteiger partial charge in [0.05, 0.1) is 22.9 Å². The van der Waals surface area contributed by atoms with E-state index < -0.39 is 21.6 Å². The highest BCUT2D eigenvalue weighted by Gasteiger charge is 2.19. The zero-order valence-electron chi connectivity index (χ0n) is 12.2. The number of carbonyl (C=O) groups excluding carboxylic acids is 1. The van der Waals surface area contributed by atoms with Gasteiger partial charge in [-0.25, -0.2) is 0 Å². The number of allylic oxidation sites excluding steroid dienone is 1. The molecular formula is C13H9ClN6O4S. The first kappa shape index (κ1) is 16.8. The number of benzene rings is 1. The van der Waals surface area contributed by atoms with E-state index in [0.29, 0.717) is 9.11 Å². The van der Waals surface area contributed by atoms with Crippen LogP contribution in [-0.4, -0.2) is 49.1 Å². The summed E-state index contributed by atoms with van der Waals surface area (Å²) in [6.45, 7) is 0. The number of aromatic nitrogens is 6. The SMILES string of the molecule is O=C(C=C(O)c1cnn(S(=O)(=O)c2ccc(Cl)cc2)c1)c1nn[nH]n1. The van der Waals surface area contributed by atoms with E-state index in [9.17, 15) is 18.3 Å². The summed E-state index contributed by atoms with van der Waals surface area (Å²) in [5, 5.41) is 26.3. The van der Waals surface area contributed by atoms with E-state index in [1.807, 2.05) is 0 Å². The smallest absolute Gasteiger partial charge is 0.282 e. The first-order valence-electron chi connectivity index (χ1n) is 6.62. The third-order valence-electron chi connectivity index (χ3n) is 3.05. The van der Waals surface area contributed by atoms with Crippen LogP contribution in [0.5, 0.6) is 0 Å². The molecule has 0 aliphatic heterocycles. The molecule has 0 spiro atoms. The number of carbonyl (C=O) groups is 1. The molecule has 2 N–H and O–H groups in total. The first-order chi connectivity index (χ1) is 11.9. The zero-order chi connectivity index (χ0) is 18.0. The maximum Gasteiger partial charge on any atom is 0.282 e. The van der Waals surface area contributed by atoms with Crippen molar-refractivity contribution in [3.05, 3.63) is 59.1 Å². The second-order valence-electron chi connectivity index (χ2n) is 4.69. The van der Waals surface area contributed by atoms with Gasteiger partial charge in [-0.1, -0.05) is 11.6 Å². The van der Waals surface area contributed by atoms with Crippen LogP contribution < -0.4 is 0 Å². The molecule has 0 aliphatic carbocycles. The number of nitrogens with zero attached hydrogens (tertiary/aromatic N) is 5. The predicted molar refractivity (Wildman–Crippen MR) is 85.4 cm³/mol. The number of tetrazole rings is 1. The highest BCUT2D eigenvalue weighted by molar-refractivity contribution is 7.89. The van der Waals surface area contributed by atoms with Crippen LogP contribution in [0.25, 0.3) is 5.76 Å². The molecule has 3 aromatic rings. The van der Waals surface area contributed by atoms with Gasteiger partial charge in [0, 0.05) is 11.1 Å². The summed E-state index contributed by atoms with van der Waals surface area (Å²) >= 11 is 5.74. The second kappa shape index (κ2) is 6.45. The van der Waals surface area contributed by atoms with Crippen LogP contribution >= 0.6 is 11.6 Å². The van der Waals surface area contributed by atoms with Crippen molar-refractivity contribution in [2.45, 2.75) is 4.90 Å². The average molecular weight is 381 g/mol. The molecule has 0 saturated heterocycles. The van der Waals surface area contributed by atoms with Gasteiger partial charge in [-0.15, -0.1) is 10.2 Å². The van der Waals surface area contributed by atoms with Crippen LogP contribution in [0.15, 0.2) is 47.6 Å². The normalized spacial score (nSPS) is 12.3. The van der Waals surface area contributed by atoms with Crippen molar-refractivity contribution in [2.24, 2.45) is 0 Å². The van der Waals surface area contributed by atoms with E-state index in [0.717, 1.165) is 18.5 Å². The quantitative estimate of drug-likeness (QED) is 0.380. The average Bonchev–Trinajstić information content (AvgIpc) is 3.27. The zero-order valence-corrected chi connectivity index (χ0v) is 13.8. The Labute approximate surface area is 145 Å².